The number of carbonyl (C=O) groups is 1. The van der Waals surface area contributed by atoms with Crippen LogP contribution in [0.4, 0.5) is 0 Å². The number of nitrogens with zero attached hydrogens (tertiary/aromatic N) is 2. The molecule has 114 valence electrons. The van der Waals surface area contributed by atoms with Crippen molar-refractivity contribution >= 4 is 5.91 Å². The van der Waals surface area contributed by atoms with Crippen LogP contribution >= 0.6 is 0 Å². The van der Waals surface area contributed by atoms with Crippen molar-refractivity contribution in [2.45, 2.75) is 12.8 Å². The van der Waals surface area contributed by atoms with Gasteiger partial charge in [-0.15, -0.1) is 0 Å². The van der Waals surface area contributed by atoms with Gasteiger partial charge in [0, 0.05) is 31.9 Å². The maximum Gasteiger partial charge on any atom is 0.254 e. The van der Waals surface area contributed by atoms with Crippen molar-refractivity contribution in [1.29, 1.82) is 0 Å². The lowest BCUT2D eigenvalue weighted by molar-refractivity contribution is 0.0827. The molecule has 0 bridgehead atoms. The summed E-state index contributed by atoms with van der Waals surface area (Å²) in [5, 5.41) is 0. The zero-order valence-electron chi connectivity index (χ0n) is 13.0. The second-order valence-corrected chi connectivity index (χ2v) is 5.93. The molecule has 1 aromatic heterocycles. The zero-order chi connectivity index (χ0) is 15.5. The summed E-state index contributed by atoms with van der Waals surface area (Å²) in [7, 11) is 3.49. The van der Waals surface area contributed by atoms with E-state index in [0.29, 0.717) is 11.5 Å². The van der Waals surface area contributed by atoms with E-state index in [0.717, 1.165) is 30.9 Å². The molecule has 1 atom stereocenters. The Hall–Kier alpha value is -2.36. The van der Waals surface area contributed by atoms with Crippen molar-refractivity contribution < 1.29 is 9.53 Å². The van der Waals surface area contributed by atoms with Crippen LogP contribution in [0.2, 0.25) is 0 Å². The SMILES string of the molecule is CN(C)C(=O)c1ccc(C[C@@H]2COc3ccccc3C2)nc1. The minimum absolute atomic E-state index is 0.0195. The van der Waals surface area contributed by atoms with Gasteiger partial charge in [0.15, 0.2) is 0 Å². The molecule has 4 heteroatoms. The third-order valence-electron chi connectivity index (χ3n) is 3.93. The number of carbonyl (C=O) groups excluding carboxylic acids is 1. The molecule has 0 N–H and O–H groups in total. The largest absolute Gasteiger partial charge is 0.493 e. The summed E-state index contributed by atoms with van der Waals surface area (Å²) in [5.74, 6) is 1.41. The molecular formula is C18H20N2O2. The second kappa shape index (κ2) is 6.18. The van der Waals surface area contributed by atoms with Crippen molar-refractivity contribution in [3.8, 4) is 5.75 Å². The van der Waals surface area contributed by atoms with Gasteiger partial charge in [-0.2, -0.15) is 0 Å². The van der Waals surface area contributed by atoms with E-state index in [1.54, 1.807) is 25.2 Å². The van der Waals surface area contributed by atoms with Crippen LogP contribution in [0.3, 0.4) is 0 Å². The van der Waals surface area contributed by atoms with E-state index in [4.69, 9.17) is 4.74 Å². The zero-order valence-corrected chi connectivity index (χ0v) is 13.0. The standard InChI is InChI=1S/C18H20N2O2/c1-20(2)18(21)15-7-8-16(19-11-15)10-13-9-14-5-3-4-6-17(14)22-12-13/h3-8,11,13H,9-10,12H2,1-2H3/t13-/m1/s1. The number of benzene rings is 1. The molecule has 1 aliphatic rings. The number of rotatable bonds is 3. The molecule has 3 rings (SSSR count). The minimum Gasteiger partial charge on any atom is -0.493 e. The first-order valence-electron chi connectivity index (χ1n) is 7.51. The van der Waals surface area contributed by atoms with Gasteiger partial charge in [-0.1, -0.05) is 18.2 Å². The average Bonchev–Trinajstić information content (AvgIpc) is 2.55. The first-order valence-corrected chi connectivity index (χ1v) is 7.51. The molecule has 2 aromatic rings. The summed E-state index contributed by atoms with van der Waals surface area (Å²) in [6.45, 7) is 0.719. The molecule has 1 aliphatic heterocycles. The number of pyridine rings is 1. The van der Waals surface area contributed by atoms with Gasteiger partial charge in [-0.25, -0.2) is 0 Å². The molecule has 0 spiro atoms. The lowest BCUT2D eigenvalue weighted by Gasteiger charge is -2.25. The van der Waals surface area contributed by atoms with Gasteiger partial charge in [0.05, 0.1) is 12.2 Å². The van der Waals surface area contributed by atoms with Gasteiger partial charge < -0.3 is 9.64 Å². The average molecular weight is 296 g/mol. The van der Waals surface area contributed by atoms with Gasteiger partial charge in [-0.05, 0) is 36.6 Å². The first-order chi connectivity index (χ1) is 10.6. The number of aromatic nitrogens is 1. The van der Waals surface area contributed by atoms with Crippen LogP contribution in [-0.4, -0.2) is 36.5 Å². The van der Waals surface area contributed by atoms with Crippen LogP contribution in [0.5, 0.6) is 5.75 Å². The van der Waals surface area contributed by atoms with Crippen LogP contribution in [0.1, 0.15) is 21.6 Å². The predicted octanol–water partition coefficient (Wildman–Crippen LogP) is 2.58. The number of ether oxygens (including phenoxy) is 1. The van der Waals surface area contributed by atoms with E-state index in [-0.39, 0.29) is 5.91 Å². The summed E-state index contributed by atoms with van der Waals surface area (Å²) in [4.78, 5) is 17.8. The fourth-order valence-electron chi connectivity index (χ4n) is 2.75. The van der Waals surface area contributed by atoms with Gasteiger partial charge >= 0.3 is 0 Å². The van der Waals surface area contributed by atoms with E-state index >= 15 is 0 Å². The number of hydrogen-bond donors (Lipinski definition) is 0. The summed E-state index contributed by atoms with van der Waals surface area (Å²) < 4.78 is 5.81. The molecule has 4 nitrogen and oxygen atoms in total. The number of fused-ring (bicyclic) bond motifs is 1. The molecule has 1 amide bonds. The van der Waals surface area contributed by atoms with Gasteiger partial charge in [0.1, 0.15) is 5.75 Å². The topological polar surface area (TPSA) is 42.4 Å². The maximum absolute atomic E-state index is 11.8. The van der Waals surface area contributed by atoms with Crippen LogP contribution < -0.4 is 4.74 Å². The molecule has 0 saturated heterocycles. The van der Waals surface area contributed by atoms with Crippen LogP contribution in [0.25, 0.3) is 0 Å². The highest BCUT2D eigenvalue weighted by Crippen LogP contribution is 2.28. The highest BCUT2D eigenvalue weighted by atomic mass is 16.5. The Balaban J connectivity index is 1.66. The summed E-state index contributed by atoms with van der Waals surface area (Å²) in [6.07, 6.45) is 3.54. The molecule has 0 radical (unpaired) electrons. The molecule has 2 heterocycles. The second-order valence-electron chi connectivity index (χ2n) is 5.93. The van der Waals surface area contributed by atoms with Crippen LogP contribution in [0.15, 0.2) is 42.6 Å². The van der Waals surface area contributed by atoms with Gasteiger partial charge in [0.2, 0.25) is 0 Å². The Morgan fingerprint density at radius 3 is 2.82 bits per heavy atom. The molecule has 0 fully saturated rings. The van der Waals surface area contributed by atoms with Crippen molar-refractivity contribution in [2.24, 2.45) is 5.92 Å². The molecule has 0 saturated carbocycles. The summed E-state index contributed by atoms with van der Waals surface area (Å²) >= 11 is 0. The Labute approximate surface area is 130 Å². The van der Waals surface area contributed by atoms with E-state index in [2.05, 4.69) is 11.1 Å². The maximum atomic E-state index is 11.8. The Morgan fingerprint density at radius 2 is 2.09 bits per heavy atom. The smallest absolute Gasteiger partial charge is 0.254 e. The Morgan fingerprint density at radius 1 is 1.27 bits per heavy atom. The van der Waals surface area contributed by atoms with Crippen molar-refractivity contribution in [2.75, 3.05) is 20.7 Å². The van der Waals surface area contributed by atoms with Gasteiger partial charge in [0.25, 0.3) is 5.91 Å². The predicted molar refractivity (Wildman–Crippen MR) is 85.1 cm³/mol. The normalized spacial score (nSPS) is 16.5. The van der Waals surface area contributed by atoms with Crippen molar-refractivity contribution in [3.63, 3.8) is 0 Å². The molecule has 0 aliphatic carbocycles. The monoisotopic (exact) mass is 296 g/mol. The molecule has 22 heavy (non-hydrogen) atoms. The van der Waals surface area contributed by atoms with E-state index < -0.39 is 0 Å². The first kappa shape index (κ1) is 14.6. The highest BCUT2D eigenvalue weighted by molar-refractivity contribution is 5.93. The molecular weight excluding hydrogens is 276 g/mol. The quantitative estimate of drug-likeness (QED) is 0.874. The van der Waals surface area contributed by atoms with Crippen molar-refractivity contribution in [3.05, 3.63) is 59.4 Å². The lowest BCUT2D eigenvalue weighted by Crippen LogP contribution is -2.24. The van der Waals surface area contributed by atoms with Crippen LogP contribution in [0, 0.1) is 5.92 Å². The summed E-state index contributed by atoms with van der Waals surface area (Å²) in [6, 6.07) is 12.0. The fraction of sp³-hybridized carbons (Fsp3) is 0.333. The number of para-hydroxylation sites is 1. The minimum atomic E-state index is -0.0195. The Bertz CT molecular complexity index is 665. The summed E-state index contributed by atoms with van der Waals surface area (Å²) in [5.41, 5.74) is 2.89. The third kappa shape index (κ3) is 3.11. The molecule has 1 aromatic carbocycles. The molecule has 0 unspecified atom stereocenters. The van der Waals surface area contributed by atoms with E-state index in [1.807, 2.05) is 30.3 Å². The van der Waals surface area contributed by atoms with Crippen molar-refractivity contribution in [1.82, 2.24) is 9.88 Å². The fourth-order valence-corrected chi connectivity index (χ4v) is 2.75. The van der Waals surface area contributed by atoms with Gasteiger partial charge in [-0.3, -0.25) is 9.78 Å². The number of amides is 1. The lowest BCUT2D eigenvalue weighted by atomic mass is 9.92. The highest BCUT2D eigenvalue weighted by Gasteiger charge is 2.20. The Kier molecular flexibility index (Phi) is 4.09. The van der Waals surface area contributed by atoms with Crippen LogP contribution in [-0.2, 0) is 12.8 Å². The van der Waals surface area contributed by atoms with E-state index in [1.165, 1.54) is 5.56 Å². The number of hydrogen-bond acceptors (Lipinski definition) is 3. The van der Waals surface area contributed by atoms with E-state index in [9.17, 15) is 4.79 Å². The third-order valence-corrected chi connectivity index (χ3v) is 3.93.